The van der Waals surface area contributed by atoms with Crippen molar-refractivity contribution in [3.05, 3.63) is 0 Å². The van der Waals surface area contributed by atoms with Gasteiger partial charge in [0, 0.05) is 13.2 Å². The lowest BCUT2D eigenvalue weighted by atomic mass is 10.1. The predicted molar refractivity (Wildman–Crippen MR) is 57.7 cm³/mol. The second-order valence-corrected chi connectivity index (χ2v) is 3.85. The van der Waals surface area contributed by atoms with E-state index < -0.39 is 0 Å². The van der Waals surface area contributed by atoms with E-state index in [-0.39, 0.29) is 5.97 Å². The topological polar surface area (TPSA) is 47.6 Å². The van der Waals surface area contributed by atoms with Gasteiger partial charge in [-0.1, -0.05) is 0 Å². The molecule has 0 radical (unpaired) electrons. The summed E-state index contributed by atoms with van der Waals surface area (Å²) in [5.74, 6) is -0.151. The fourth-order valence-electron chi connectivity index (χ4n) is 1.74. The zero-order valence-corrected chi connectivity index (χ0v) is 9.46. The maximum Gasteiger partial charge on any atom is 0.306 e. The van der Waals surface area contributed by atoms with Gasteiger partial charge in [0.2, 0.25) is 0 Å². The van der Waals surface area contributed by atoms with E-state index in [2.05, 4.69) is 10.1 Å². The number of hydrogen-bond acceptors (Lipinski definition) is 4. The Hall–Kier alpha value is -0.610. The number of methoxy groups -OCH3 is 1. The van der Waals surface area contributed by atoms with E-state index in [4.69, 9.17) is 4.74 Å². The summed E-state index contributed by atoms with van der Waals surface area (Å²) in [4.78, 5) is 10.8. The smallest absolute Gasteiger partial charge is 0.306 e. The number of nitrogens with one attached hydrogen (secondary N) is 1. The zero-order valence-electron chi connectivity index (χ0n) is 9.46. The largest absolute Gasteiger partial charge is 0.469 e. The summed E-state index contributed by atoms with van der Waals surface area (Å²) in [6.45, 7) is 2.59. The summed E-state index contributed by atoms with van der Waals surface area (Å²) in [6.07, 6.45) is 5.60. The Morgan fingerprint density at radius 2 is 2.40 bits per heavy atom. The summed E-state index contributed by atoms with van der Waals surface area (Å²) in [7, 11) is 1.42. The van der Waals surface area contributed by atoms with Gasteiger partial charge in [-0.05, 0) is 32.2 Å². The molecule has 1 rings (SSSR count). The normalized spacial score (nSPS) is 20.5. The van der Waals surface area contributed by atoms with Crippen LogP contribution in [-0.2, 0) is 14.3 Å². The molecule has 4 heteroatoms. The molecule has 0 amide bonds. The average molecular weight is 215 g/mol. The van der Waals surface area contributed by atoms with Gasteiger partial charge in [-0.2, -0.15) is 0 Å². The van der Waals surface area contributed by atoms with Crippen LogP contribution < -0.4 is 5.32 Å². The minimum atomic E-state index is -0.151. The highest BCUT2D eigenvalue weighted by molar-refractivity contribution is 5.69. The lowest BCUT2D eigenvalue weighted by Crippen LogP contribution is -2.21. The third kappa shape index (κ3) is 5.74. The fraction of sp³-hybridized carbons (Fsp3) is 0.909. The monoisotopic (exact) mass is 215 g/mol. The van der Waals surface area contributed by atoms with Crippen LogP contribution in [-0.4, -0.2) is 38.9 Å². The average Bonchev–Trinajstić information content (AvgIpc) is 2.75. The molecule has 1 heterocycles. The summed E-state index contributed by atoms with van der Waals surface area (Å²) in [6, 6.07) is 0. The summed E-state index contributed by atoms with van der Waals surface area (Å²) in [5.41, 5.74) is 0. The Bertz CT molecular complexity index is 179. The van der Waals surface area contributed by atoms with Crippen LogP contribution in [0.25, 0.3) is 0 Å². The van der Waals surface area contributed by atoms with Crippen molar-refractivity contribution in [3.63, 3.8) is 0 Å². The minimum absolute atomic E-state index is 0.151. The van der Waals surface area contributed by atoms with Gasteiger partial charge in [-0.3, -0.25) is 4.79 Å². The van der Waals surface area contributed by atoms with E-state index in [1.54, 1.807) is 0 Å². The number of carbonyl (C=O) groups is 1. The fourth-order valence-corrected chi connectivity index (χ4v) is 1.74. The van der Waals surface area contributed by atoms with Gasteiger partial charge in [-0.15, -0.1) is 0 Å². The van der Waals surface area contributed by atoms with Crippen LogP contribution in [0.5, 0.6) is 0 Å². The van der Waals surface area contributed by atoms with E-state index in [0.29, 0.717) is 19.1 Å². The van der Waals surface area contributed by atoms with Crippen LogP contribution in [0.2, 0.25) is 0 Å². The van der Waals surface area contributed by atoms with Crippen molar-refractivity contribution in [3.8, 4) is 0 Å². The molecule has 88 valence electrons. The first-order valence-corrected chi connectivity index (χ1v) is 5.72. The van der Waals surface area contributed by atoms with E-state index in [9.17, 15) is 4.79 Å². The molecular formula is C11H21NO3. The Kier molecular flexibility index (Phi) is 6.36. The second kappa shape index (κ2) is 7.65. The highest BCUT2D eigenvalue weighted by Gasteiger charge is 2.14. The Morgan fingerprint density at radius 3 is 3.07 bits per heavy atom. The van der Waals surface area contributed by atoms with Crippen LogP contribution in [0.1, 0.15) is 32.1 Å². The number of rotatable bonds is 7. The molecule has 1 aliphatic heterocycles. The lowest BCUT2D eigenvalue weighted by Gasteiger charge is -2.09. The molecule has 15 heavy (non-hydrogen) atoms. The molecule has 1 aliphatic rings. The molecular weight excluding hydrogens is 194 g/mol. The molecule has 0 saturated carbocycles. The van der Waals surface area contributed by atoms with Crippen molar-refractivity contribution >= 4 is 5.97 Å². The molecule has 1 unspecified atom stereocenters. The molecule has 0 aliphatic carbocycles. The van der Waals surface area contributed by atoms with Gasteiger partial charge in [0.05, 0.1) is 19.6 Å². The third-order valence-corrected chi connectivity index (χ3v) is 2.64. The molecule has 1 saturated heterocycles. The predicted octanol–water partition coefficient (Wildman–Crippen LogP) is 1.10. The number of ether oxygens (including phenoxy) is 2. The maximum absolute atomic E-state index is 10.8. The maximum atomic E-state index is 10.8. The Balaban J connectivity index is 1.82. The molecule has 0 aromatic heterocycles. The van der Waals surface area contributed by atoms with Crippen molar-refractivity contribution in [2.45, 2.75) is 38.2 Å². The summed E-state index contributed by atoms with van der Waals surface area (Å²) in [5, 5.41) is 3.22. The molecule has 1 atom stereocenters. The zero-order chi connectivity index (χ0) is 10.9. The molecule has 1 fully saturated rings. The third-order valence-electron chi connectivity index (χ3n) is 2.64. The summed E-state index contributed by atoms with van der Waals surface area (Å²) >= 11 is 0. The van der Waals surface area contributed by atoms with E-state index in [0.717, 1.165) is 26.0 Å². The van der Waals surface area contributed by atoms with Crippen molar-refractivity contribution in [1.29, 1.82) is 0 Å². The van der Waals surface area contributed by atoms with Crippen LogP contribution in [0.4, 0.5) is 0 Å². The van der Waals surface area contributed by atoms with Crippen molar-refractivity contribution in [1.82, 2.24) is 5.32 Å². The SMILES string of the molecule is COC(=O)CCNCCCC1CCCO1. The van der Waals surface area contributed by atoms with Gasteiger partial charge in [0.1, 0.15) is 0 Å². The first-order chi connectivity index (χ1) is 7.33. The quantitative estimate of drug-likeness (QED) is 0.510. The van der Waals surface area contributed by atoms with Crippen LogP contribution in [0.15, 0.2) is 0 Å². The van der Waals surface area contributed by atoms with Crippen molar-refractivity contribution < 1.29 is 14.3 Å². The Morgan fingerprint density at radius 1 is 1.53 bits per heavy atom. The molecule has 4 nitrogen and oxygen atoms in total. The first-order valence-electron chi connectivity index (χ1n) is 5.72. The first kappa shape index (κ1) is 12.5. The van der Waals surface area contributed by atoms with Gasteiger partial charge >= 0.3 is 5.97 Å². The highest BCUT2D eigenvalue weighted by Crippen LogP contribution is 2.16. The summed E-state index contributed by atoms with van der Waals surface area (Å²) < 4.78 is 10.1. The van der Waals surface area contributed by atoms with Crippen molar-refractivity contribution in [2.24, 2.45) is 0 Å². The van der Waals surface area contributed by atoms with Crippen LogP contribution >= 0.6 is 0 Å². The molecule has 0 aromatic carbocycles. The van der Waals surface area contributed by atoms with E-state index in [1.807, 2.05) is 0 Å². The van der Waals surface area contributed by atoms with Crippen LogP contribution in [0.3, 0.4) is 0 Å². The van der Waals surface area contributed by atoms with E-state index >= 15 is 0 Å². The van der Waals surface area contributed by atoms with Gasteiger partial charge in [-0.25, -0.2) is 0 Å². The Labute approximate surface area is 91.3 Å². The number of carbonyl (C=O) groups excluding carboxylic acids is 1. The molecule has 0 aromatic rings. The number of hydrogen-bond donors (Lipinski definition) is 1. The van der Waals surface area contributed by atoms with Gasteiger partial charge in [0.15, 0.2) is 0 Å². The molecule has 0 bridgehead atoms. The molecule has 1 N–H and O–H groups in total. The van der Waals surface area contributed by atoms with Gasteiger partial charge in [0.25, 0.3) is 0 Å². The van der Waals surface area contributed by atoms with Crippen LogP contribution in [0, 0.1) is 0 Å². The minimum Gasteiger partial charge on any atom is -0.469 e. The molecule has 0 spiro atoms. The lowest BCUT2D eigenvalue weighted by molar-refractivity contribution is -0.140. The number of esters is 1. The van der Waals surface area contributed by atoms with Crippen molar-refractivity contribution in [2.75, 3.05) is 26.8 Å². The second-order valence-electron chi connectivity index (χ2n) is 3.85. The van der Waals surface area contributed by atoms with Gasteiger partial charge < -0.3 is 14.8 Å². The van der Waals surface area contributed by atoms with E-state index in [1.165, 1.54) is 20.0 Å². The standard InChI is InChI=1S/C11H21NO3/c1-14-11(13)6-8-12-7-2-4-10-5-3-9-15-10/h10,12H,2-9H2,1H3. The highest BCUT2D eigenvalue weighted by atomic mass is 16.5.